The Morgan fingerprint density at radius 2 is 2.11 bits per heavy atom. The second-order valence-corrected chi connectivity index (χ2v) is 5.15. The predicted molar refractivity (Wildman–Crippen MR) is 65.3 cm³/mol. The minimum absolute atomic E-state index is 0.164. The van der Waals surface area contributed by atoms with E-state index in [1.54, 1.807) is 18.2 Å². The van der Waals surface area contributed by atoms with Gasteiger partial charge in [0.05, 0.1) is 12.5 Å². The molecule has 2 N–H and O–H groups in total. The first-order valence-electron chi connectivity index (χ1n) is 6.28. The summed E-state index contributed by atoms with van der Waals surface area (Å²) >= 11 is 0. The zero-order valence-electron chi connectivity index (χ0n) is 10.3. The molecule has 2 aliphatic rings. The van der Waals surface area contributed by atoms with Gasteiger partial charge in [-0.05, 0) is 36.5 Å². The molecule has 1 aliphatic carbocycles. The maximum atomic E-state index is 11.5. The van der Waals surface area contributed by atoms with E-state index in [9.17, 15) is 14.7 Å². The lowest BCUT2D eigenvalue weighted by atomic mass is 9.90. The van der Waals surface area contributed by atoms with Crippen molar-refractivity contribution < 1.29 is 24.5 Å². The molecule has 1 saturated carbocycles. The first-order valence-corrected chi connectivity index (χ1v) is 6.28. The molecule has 5 nitrogen and oxygen atoms in total. The minimum atomic E-state index is -1.25. The van der Waals surface area contributed by atoms with Gasteiger partial charge in [0.1, 0.15) is 11.2 Å². The topological polar surface area (TPSA) is 83.8 Å². The summed E-state index contributed by atoms with van der Waals surface area (Å²) in [4.78, 5) is 22.5. The SMILES string of the molecule is O=C(O)C1CC1(C(=O)O)c1ccc2c(c1)CCCO2. The van der Waals surface area contributed by atoms with E-state index in [-0.39, 0.29) is 6.42 Å². The van der Waals surface area contributed by atoms with E-state index < -0.39 is 23.3 Å². The molecule has 1 aromatic carbocycles. The maximum absolute atomic E-state index is 11.5. The summed E-state index contributed by atoms with van der Waals surface area (Å²) in [6.45, 7) is 0.675. The van der Waals surface area contributed by atoms with Gasteiger partial charge >= 0.3 is 11.9 Å². The number of hydrogen-bond donors (Lipinski definition) is 2. The van der Waals surface area contributed by atoms with Crippen LogP contribution in [0.3, 0.4) is 0 Å². The summed E-state index contributed by atoms with van der Waals surface area (Å²) in [5.41, 5.74) is 0.301. The molecule has 1 aliphatic heterocycles. The molecule has 2 atom stereocenters. The molecule has 0 saturated heterocycles. The van der Waals surface area contributed by atoms with E-state index in [0.29, 0.717) is 12.2 Å². The van der Waals surface area contributed by atoms with Crippen LogP contribution in [0.1, 0.15) is 24.0 Å². The van der Waals surface area contributed by atoms with E-state index in [2.05, 4.69) is 0 Å². The fourth-order valence-corrected chi connectivity index (χ4v) is 2.88. The smallest absolute Gasteiger partial charge is 0.315 e. The molecule has 19 heavy (non-hydrogen) atoms. The Kier molecular flexibility index (Phi) is 2.52. The van der Waals surface area contributed by atoms with Crippen molar-refractivity contribution >= 4 is 11.9 Å². The number of hydrogen-bond acceptors (Lipinski definition) is 3. The number of carboxylic acids is 2. The average Bonchev–Trinajstić information content (AvgIpc) is 3.15. The van der Waals surface area contributed by atoms with Gasteiger partial charge in [0, 0.05) is 0 Å². The Hall–Kier alpha value is -2.04. The summed E-state index contributed by atoms with van der Waals surface area (Å²) in [5.74, 6) is -2.15. The zero-order valence-corrected chi connectivity index (χ0v) is 10.3. The van der Waals surface area contributed by atoms with Gasteiger partial charge in [-0.25, -0.2) is 0 Å². The van der Waals surface area contributed by atoms with Gasteiger partial charge in [-0.3, -0.25) is 9.59 Å². The average molecular weight is 262 g/mol. The van der Waals surface area contributed by atoms with Gasteiger partial charge in [-0.2, -0.15) is 0 Å². The van der Waals surface area contributed by atoms with Gasteiger partial charge in [0.25, 0.3) is 0 Å². The van der Waals surface area contributed by atoms with E-state index in [1.165, 1.54) is 0 Å². The van der Waals surface area contributed by atoms with Crippen LogP contribution in [-0.4, -0.2) is 28.8 Å². The number of aryl methyl sites for hydroxylation is 1. The Morgan fingerprint density at radius 1 is 1.32 bits per heavy atom. The Morgan fingerprint density at radius 3 is 2.74 bits per heavy atom. The minimum Gasteiger partial charge on any atom is -0.493 e. The van der Waals surface area contributed by atoms with E-state index in [4.69, 9.17) is 9.84 Å². The molecule has 0 radical (unpaired) electrons. The molecular weight excluding hydrogens is 248 g/mol. The third kappa shape index (κ3) is 1.69. The van der Waals surface area contributed by atoms with E-state index in [1.807, 2.05) is 0 Å². The lowest BCUT2D eigenvalue weighted by Crippen LogP contribution is -2.25. The van der Waals surface area contributed by atoms with Crippen molar-refractivity contribution in [3.05, 3.63) is 29.3 Å². The number of carboxylic acid groups (broad SMARTS) is 2. The van der Waals surface area contributed by atoms with Gasteiger partial charge in [-0.15, -0.1) is 0 Å². The number of aliphatic carboxylic acids is 2. The molecule has 1 fully saturated rings. The fraction of sp³-hybridized carbons (Fsp3) is 0.429. The monoisotopic (exact) mass is 262 g/mol. The van der Waals surface area contributed by atoms with Crippen LogP contribution in [0.4, 0.5) is 0 Å². The van der Waals surface area contributed by atoms with Crippen molar-refractivity contribution in [1.82, 2.24) is 0 Å². The quantitative estimate of drug-likeness (QED) is 0.861. The van der Waals surface area contributed by atoms with Crippen LogP contribution >= 0.6 is 0 Å². The number of benzene rings is 1. The summed E-state index contributed by atoms with van der Waals surface area (Å²) in [6.07, 6.45) is 1.91. The van der Waals surface area contributed by atoms with Crippen LogP contribution in [0.2, 0.25) is 0 Å². The zero-order chi connectivity index (χ0) is 13.6. The van der Waals surface area contributed by atoms with Gasteiger partial charge < -0.3 is 14.9 Å². The van der Waals surface area contributed by atoms with Crippen LogP contribution in [0.5, 0.6) is 5.75 Å². The Balaban J connectivity index is 2.01. The molecule has 1 heterocycles. The largest absolute Gasteiger partial charge is 0.493 e. The highest BCUT2D eigenvalue weighted by Crippen LogP contribution is 2.55. The molecular formula is C14H14O5. The van der Waals surface area contributed by atoms with Crippen molar-refractivity contribution in [2.24, 2.45) is 5.92 Å². The van der Waals surface area contributed by atoms with Crippen LogP contribution < -0.4 is 4.74 Å². The molecule has 2 unspecified atom stereocenters. The van der Waals surface area contributed by atoms with Crippen molar-refractivity contribution in [1.29, 1.82) is 0 Å². The van der Waals surface area contributed by atoms with Crippen LogP contribution in [0.25, 0.3) is 0 Å². The highest BCUT2D eigenvalue weighted by Gasteiger charge is 2.65. The predicted octanol–water partition coefficient (Wildman–Crippen LogP) is 1.44. The van der Waals surface area contributed by atoms with Crippen molar-refractivity contribution in [2.45, 2.75) is 24.7 Å². The lowest BCUT2D eigenvalue weighted by molar-refractivity contribution is -0.145. The molecule has 3 rings (SSSR count). The molecule has 100 valence electrons. The van der Waals surface area contributed by atoms with Gasteiger partial charge in [-0.1, -0.05) is 12.1 Å². The Labute approximate surface area is 109 Å². The van der Waals surface area contributed by atoms with Crippen molar-refractivity contribution in [3.8, 4) is 5.75 Å². The number of fused-ring (bicyclic) bond motifs is 1. The lowest BCUT2D eigenvalue weighted by Gasteiger charge is -2.20. The second-order valence-electron chi connectivity index (χ2n) is 5.15. The summed E-state index contributed by atoms with van der Waals surface area (Å²) < 4.78 is 5.48. The molecule has 0 bridgehead atoms. The third-order valence-corrected chi connectivity index (χ3v) is 4.06. The van der Waals surface area contributed by atoms with E-state index in [0.717, 1.165) is 24.2 Å². The van der Waals surface area contributed by atoms with Gasteiger partial charge in [0.2, 0.25) is 0 Å². The molecule has 5 heteroatoms. The second kappa shape index (κ2) is 3.98. The first-order chi connectivity index (χ1) is 9.05. The third-order valence-electron chi connectivity index (χ3n) is 4.06. The molecule has 0 aromatic heterocycles. The standard InChI is InChI=1S/C14H14O5/c15-12(16)10-7-14(10,13(17)18)9-3-4-11-8(6-9)2-1-5-19-11/h3-4,6,10H,1-2,5,7H2,(H,15,16)(H,17,18). The highest BCUT2D eigenvalue weighted by atomic mass is 16.5. The van der Waals surface area contributed by atoms with Crippen molar-refractivity contribution in [2.75, 3.05) is 6.61 Å². The normalized spacial score (nSPS) is 28.1. The van der Waals surface area contributed by atoms with E-state index >= 15 is 0 Å². The highest BCUT2D eigenvalue weighted by molar-refractivity contribution is 5.94. The molecule has 0 amide bonds. The summed E-state index contributed by atoms with van der Waals surface area (Å²) in [6, 6.07) is 5.23. The fourth-order valence-electron chi connectivity index (χ4n) is 2.88. The summed E-state index contributed by atoms with van der Waals surface area (Å²) in [7, 11) is 0. The molecule has 0 spiro atoms. The first kappa shape index (κ1) is 12.0. The maximum Gasteiger partial charge on any atom is 0.315 e. The van der Waals surface area contributed by atoms with Crippen molar-refractivity contribution in [3.63, 3.8) is 0 Å². The molecule has 1 aromatic rings. The van der Waals surface area contributed by atoms with Gasteiger partial charge in [0.15, 0.2) is 0 Å². The number of rotatable bonds is 3. The Bertz CT molecular complexity index is 565. The van der Waals surface area contributed by atoms with Crippen LogP contribution in [-0.2, 0) is 21.4 Å². The van der Waals surface area contributed by atoms with Crippen LogP contribution in [0.15, 0.2) is 18.2 Å². The number of carbonyl (C=O) groups is 2. The number of ether oxygens (including phenoxy) is 1. The summed E-state index contributed by atoms with van der Waals surface area (Å²) in [5, 5.41) is 18.4. The van der Waals surface area contributed by atoms with Crippen LogP contribution in [0, 0.1) is 5.92 Å².